The van der Waals surface area contributed by atoms with Gasteiger partial charge in [0.1, 0.15) is 0 Å². The summed E-state index contributed by atoms with van der Waals surface area (Å²) in [6, 6.07) is 12.5. The Morgan fingerprint density at radius 3 is 2.59 bits per heavy atom. The predicted molar refractivity (Wildman–Crippen MR) is 106 cm³/mol. The fraction of sp³-hybridized carbons (Fsp3) is 0.286. The monoisotopic (exact) mass is 382 g/mol. The van der Waals surface area contributed by atoms with Crippen LogP contribution in [-0.2, 0) is 16.0 Å². The van der Waals surface area contributed by atoms with Crippen LogP contribution in [0.5, 0.6) is 0 Å². The first-order valence-electron chi connectivity index (χ1n) is 8.68. The van der Waals surface area contributed by atoms with E-state index in [-0.39, 0.29) is 17.9 Å². The molecule has 5 nitrogen and oxygen atoms in total. The van der Waals surface area contributed by atoms with Gasteiger partial charge in [-0.15, -0.1) is 11.3 Å². The first kappa shape index (κ1) is 20.4. The van der Waals surface area contributed by atoms with Crippen molar-refractivity contribution < 1.29 is 14.3 Å². The molecule has 0 spiro atoms. The summed E-state index contributed by atoms with van der Waals surface area (Å²) >= 11 is 1.59. The van der Waals surface area contributed by atoms with Gasteiger partial charge in [-0.2, -0.15) is 5.26 Å². The molecule has 1 N–H and O–H groups in total. The van der Waals surface area contributed by atoms with Crippen LogP contribution in [0.4, 0.5) is 0 Å². The fourth-order valence-corrected chi connectivity index (χ4v) is 3.60. The molecule has 6 heteroatoms. The Labute approximate surface area is 163 Å². The Morgan fingerprint density at radius 1 is 1.26 bits per heavy atom. The molecule has 0 saturated heterocycles. The highest BCUT2D eigenvalue weighted by Gasteiger charge is 2.12. The van der Waals surface area contributed by atoms with Gasteiger partial charge < -0.3 is 10.1 Å². The second-order valence-electron chi connectivity index (χ2n) is 6.11. The number of hydrogen-bond donors (Lipinski definition) is 1. The number of allylic oxidation sites excluding steroid dienone is 1. The summed E-state index contributed by atoms with van der Waals surface area (Å²) in [4.78, 5) is 26.0. The highest BCUT2D eigenvalue weighted by Crippen LogP contribution is 2.25. The van der Waals surface area contributed by atoms with Crippen LogP contribution in [0.15, 0.2) is 42.5 Å². The Morgan fingerprint density at radius 2 is 1.96 bits per heavy atom. The van der Waals surface area contributed by atoms with E-state index in [2.05, 4.69) is 5.32 Å². The Kier molecular flexibility index (Phi) is 7.33. The first-order chi connectivity index (χ1) is 12.9. The average molecular weight is 382 g/mol. The topological polar surface area (TPSA) is 79.2 Å². The summed E-state index contributed by atoms with van der Waals surface area (Å²) in [6.07, 6.45) is 2.19. The molecular formula is C21H22N2O3S. The molecule has 0 aliphatic heterocycles. The standard InChI is InChI=1S/C21H22N2O3S/c1-4-26-20(24)11-14(2)19-10-9-18(27-19)12-15(3)23-21(25)17-7-5-16(13-22)6-8-17/h5-11,15H,4,12H2,1-3H3,(H,23,25). The van der Waals surface area contributed by atoms with E-state index in [0.717, 1.165) is 15.3 Å². The van der Waals surface area contributed by atoms with E-state index in [0.29, 0.717) is 24.2 Å². The minimum absolute atomic E-state index is 0.0472. The van der Waals surface area contributed by atoms with Gasteiger partial charge in [0.15, 0.2) is 0 Å². The van der Waals surface area contributed by atoms with Crippen LogP contribution in [0.3, 0.4) is 0 Å². The largest absolute Gasteiger partial charge is 0.463 e. The van der Waals surface area contributed by atoms with Gasteiger partial charge in [-0.05, 0) is 62.7 Å². The molecule has 0 aliphatic carbocycles. The van der Waals surface area contributed by atoms with E-state index in [1.807, 2.05) is 32.0 Å². The number of thiophene rings is 1. The molecule has 1 atom stereocenters. The van der Waals surface area contributed by atoms with Crippen LogP contribution in [-0.4, -0.2) is 24.5 Å². The van der Waals surface area contributed by atoms with Gasteiger partial charge >= 0.3 is 5.97 Å². The second-order valence-corrected chi connectivity index (χ2v) is 7.28. The highest BCUT2D eigenvalue weighted by molar-refractivity contribution is 7.13. The molecule has 0 fully saturated rings. The number of nitriles is 1. The molecule has 1 heterocycles. The molecule has 0 saturated carbocycles. The number of carbonyl (C=O) groups excluding carboxylic acids is 2. The van der Waals surface area contributed by atoms with Crippen molar-refractivity contribution in [3.63, 3.8) is 0 Å². The molecule has 2 aromatic rings. The number of rotatable bonds is 7. The number of benzene rings is 1. The van der Waals surface area contributed by atoms with Crippen LogP contribution in [0, 0.1) is 11.3 Å². The van der Waals surface area contributed by atoms with Crippen LogP contribution >= 0.6 is 11.3 Å². The number of nitrogens with one attached hydrogen (secondary N) is 1. The highest BCUT2D eigenvalue weighted by atomic mass is 32.1. The third kappa shape index (κ3) is 6.08. The number of carbonyl (C=O) groups is 2. The summed E-state index contributed by atoms with van der Waals surface area (Å²) in [5, 5.41) is 11.8. The number of nitrogens with zero attached hydrogens (tertiary/aromatic N) is 1. The molecule has 140 valence electrons. The van der Waals surface area contributed by atoms with E-state index in [1.165, 1.54) is 6.08 Å². The lowest BCUT2D eigenvalue weighted by molar-refractivity contribution is -0.137. The normalized spacial score (nSPS) is 12.1. The summed E-state index contributed by atoms with van der Waals surface area (Å²) in [7, 11) is 0. The van der Waals surface area contributed by atoms with E-state index in [9.17, 15) is 9.59 Å². The van der Waals surface area contributed by atoms with Gasteiger partial charge in [0.05, 0.1) is 18.2 Å². The van der Waals surface area contributed by atoms with Crippen molar-refractivity contribution in [1.29, 1.82) is 5.26 Å². The van der Waals surface area contributed by atoms with Crippen LogP contribution < -0.4 is 5.32 Å². The Bertz CT molecular complexity index is 876. The lowest BCUT2D eigenvalue weighted by Crippen LogP contribution is -2.33. The molecular weight excluding hydrogens is 360 g/mol. The Hall–Kier alpha value is -2.91. The van der Waals surface area contributed by atoms with Gasteiger partial charge in [0.25, 0.3) is 5.91 Å². The smallest absolute Gasteiger partial charge is 0.331 e. The summed E-state index contributed by atoms with van der Waals surface area (Å²) in [5.41, 5.74) is 1.91. The summed E-state index contributed by atoms with van der Waals surface area (Å²) in [5.74, 6) is -0.504. The molecule has 1 aromatic heterocycles. The summed E-state index contributed by atoms with van der Waals surface area (Å²) in [6.45, 7) is 5.96. The number of amides is 1. The summed E-state index contributed by atoms with van der Waals surface area (Å²) < 4.78 is 4.93. The van der Waals surface area contributed by atoms with Crippen molar-refractivity contribution in [2.24, 2.45) is 0 Å². The molecule has 0 radical (unpaired) electrons. The molecule has 1 unspecified atom stereocenters. The molecule has 2 rings (SSSR count). The zero-order valence-corrected chi connectivity index (χ0v) is 16.4. The number of hydrogen-bond acceptors (Lipinski definition) is 5. The molecule has 1 amide bonds. The molecule has 1 aromatic carbocycles. The number of esters is 1. The second kappa shape index (κ2) is 9.70. The SMILES string of the molecule is CCOC(=O)C=C(C)c1ccc(CC(C)NC(=O)c2ccc(C#N)cc2)s1. The van der Waals surface area contributed by atoms with Gasteiger partial charge in [0.2, 0.25) is 0 Å². The molecule has 27 heavy (non-hydrogen) atoms. The lowest BCUT2D eigenvalue weighted by Gasteiger charge is -2.13. The quantitative estimate of drug-likeness (QED) is 0.581. The van der Waals surface area contributed by atoms with Crippen LogP contribution in [0.2, 0.25) is 0 Å². The van der Waals surface area contributed by atoms with E-state index in [4.69, 9.17) is 10.00 Å². The van der Waals surface area contributed by atoms with Crippen molar-refractivity contribution in [2.75, 3.05) is 6.61 Å². The van der Waals surface area contributed by atoms with E-state index in [1.54, 1.807) is 42.5 Å². The third-order valence-electron chi connectivity index (χ3n) is 3.83. The maximum atomic E-state index is 12.3. The van der Waals surface area contributed by atoms with Crippen molar-refractivity contribution in [2.45, 2.75) is 33.2 Å². The van der Waals surface area contributed by atoms with Crippen LogP contribution in [0.1, 0.15) is 46.4 Å². The van der Waals surface area contributed by atoms with Gasteiger partial charge in [-0.1, -0.05) is 0 Å². The average Bonchev–Trinajstić information content (AvgIpc) is 3.10. The van der Waals surface area contributed by atoms with Crippen molar-refractivity contribution in [3.05, 3.63) is 63.4 Å². The van der Waals surface area contributed by atoms with Crippen LogP contribution in [0.25, 0.3) is 5.57 Å². The minimum atomic E-state index is -0.340. The first-order valence-corrected chi connectivity index (χ1v) is 9.49. The van der Waals surface area contributed by atoms with E-state index < -0.39 is 0 Å². The lowest BCUT2D eigenvalue weighted by atomic mass is 10.1. The molecule has 0 aliphatic rings. The minimum Gasteiger partial charge on any atom is -0.463 e. The van der Waals surface area contributed by atoms with Crippen molar-refractivity contribution >= 4 is 28.8 Å². The van der Waals surface area contributed by atoms with Gasteiger partial charge in [-0.25, -0.2) is 4.79 Å². The molecule has 0 bridgehead atoms. The zero-order valence-electron chi connectivity index (χ0n) is 15.6. The maximum absolute atomic E-state index is 12.3. The van der Waals surface area contributed by atoms with Gasteiger partial charge in [-0.3, -0.25) is 4.79 Å². The van der Waals surface area contributed by atoms with Crippen molar-refractivity contribution in [3.8, 4) is 6.07 Å². The van der Waals surface area contributed by atoms with E-state index >= 15 is 0 Å². The fourth-order valence-electron chi connectivity index (χ4n) is 2.49. The zero-order chi connectivity index (χ0) is 19.8. The van der Waals surface area contributed by atoms with Crippen molar-refractivity contribution in [1.82, 2.24) is 5.32 Å². The third-order valence-corrected chi connectivity index (χ3v) is 5.08. The maximum Gasteiger partial charge on any atom is 0.331 e. The number of ether oxygens (including phenoxy) is 1. The van der Waals surface area contributed by atoms with Gasteiger partial charge in [0, 0.05) is 33.9 Å². The Balaban J connectivity index is 1.95. The predicted octanol–water partition coefficient (Wildman–Crippen LogP) is 3.95.